The number of carbonyl (C=O) groups is 1. The molecule has 0 bridgehead atoms. The van der Waals surface area contributed by atoms with Gasteiger partial charge >= 0.3 is 0 Å². The maximum atomic E-state index is 12.4. The second-order valence-corrected chi connectivity index (χ2v) is 4.68. The van der Waals surface area contributed by atoms with Crippen molar-refractivity contribution in [1.29, 1.82) is 0 Å². The van der Waals surface area contributed by atoms with E-state index in [9.17, 15) is 4.79 Å². The van der Waals surface area contributed by atoms with Crippen LogP contribution in [0, 0.1) is 6.92 Å². The lowest BCUT2D eigenvalue weighted by Crippen LogP contribution is -2.37. The summed E-state index contributed by atoms with van der Waals surface area (Å²) in [7, 11) is 1.59. The first kappa shape index (κ1) is 12.9. The lowest BCUT2D eigenvalue weighted by Gasteiger charge is -2.22. The van der Waals surface area contributed by atoms with E-state index in [0.29, 0.717) is 12.4 Å². The Morgan fingerprint density at radius 1 is 1.56 bits per heavy atom. The average Bonchev–Trinajstić information content (AvgIpc) is 2.97. The number of methoxy groups -OCH3 is 1. The van der Waals surface area contributed by atoms with E-state index in [1.807, 2.05) is 11.8 Å². The van der Waals surface area contributed by atoms with Crippen molar-refractivity contribution >= 4 is 11.7 Å². The van der Waals surface area contributed by atoms with Gasteiger partial charge < -0.3 is 15.4 Å². The standard InChI is InChI=1S/C12H20N4O2/c1-9-7-16(14-11(9)13)10(8-18-2)12(17)15-5-3-4-6-15/h7,10H,3-6,8H2,1-2H3,(H2,13,14). The normalized spacial score (nSPS) is 17.1. The number of anilines is 1. The average molecular weight is 252 g/mol. The highest BCUT2D eigenvalue weighted by Gasteiger charge is 2.28. The first-order valence-electron chi connectivity index (χ1n) is 6.22. The van der Waals surface area contributed by atoms with E-state index in [-0.39, 0.29) is 5.91 Å². The van der Waals surface area contributed by atoms with Crippen LogP contribution in [-0.4, -0.2) is 47.4 Å². The number of hydrogen-bond donors (Lipinski definition) is 1. The highest BCUT2D eigenvalue weighted by Crippen LogP contribution is 2.18. The Hall–Kier alpha value is -1.56. The van der Waals surface area contributed by atoms with E-state index in [1.54, 1.807) is 18.0 Å². The maximum Gasteiger partial charge on any atom is 0.249 e. The summed E-state index contributed by atoms with van der Waals surface area (Å²) in [4.78, 5) is 14.3. The highest BCUT2D eigenvalue weighted by molar-refractivity contribution is 5.80. The second-order valence-electron chi connectivity index (χ2n) is 4.68. The molecule has 1 unspecified atom stereocenters. The topological polar surface area (TPSA) is 73.4 Å². The minimum Gasteiger partial charge on any atom is -0.382 e. The molecule has 2 heterocycles. The number of likely N-dealkylation sites (tertiary alicyclic amines) is 1. The zero-order valence-corrected chi connectivity index (χ0v) is 10.9. The molecule has 6 nitrogen and oxygen atoms in total. The fourth-order valence-electron chi connectivity index (χ4n) is 2.22. The lowest BCUT2D eigenvalue weighted by atomic mass is 10.2. The van der Waals surface area contributed by atoms with Gasteiger partial charge in [0.2, 0.25) is 5.91 Å². The van der Waals surface area contributed by atoms with Gasteiger partial charge in [-0.05, 0) is 19.8 Å². The van der Waals surface area contributed by atoms with Crippen molar-refractivity contribution in [2.24, 2.45) is 0 Å². The van der Waals surface area contributed by atoms with Gasteiger partial charge in [0.05, 0.1) is 6.61 Å². The maximum absolute atomic E-state index is 12.4. The van der Waals surface area contributed by atoms with Crippen LogP contribution >= 0.6 is 0 Å². The Kier molecular flexibility index (Phi) is 3.86. The summed E-state index contributed by atoms with van der Waals surface area (Å²) in [5.41, 5.74) is 6.61. The van der Waals surface area contributed by atoms with Crippen molar-refractivity contribution in [2.75, 3.05) is 32.5 Å². The predicted molar refractivity (Wildman–Crippen MR) is 68.1 cm³/mol. The fourth-order valence-corrected chi connectivity index (χ4v) is 2.22. The third-order valence-electron chi connectivity index (χ3n) is 3.30. The molecule has 0 radical (unpaired) electrons. The van der Waals surface area contributed by atoms with Crippen molar-refractivity contribution in [1.82, 2.24) is 14.7 Å². The van der Waals surface area contributed by atoms with Crippen molar-refractivity contribution in [2.45, 2.75) is 25.8 Å². The summed E-state index contributed by atoms with van der Waals surface area (Å²) in [6.07, 6.45) is 3.95. The second kappa shape index (κ2) is 5.39. The summed E-state index contributed by atoms with van der Waals surface area (Å²) >= 11 is 0. The number of nitrogen functional groups attached to an aromatic ring is 1. The number of ether oxygens (including phenoxy) is 1. The van der Waals surface area contributed by atoms with Gasteiger partial charge in [0.1, 0.15) is 5.82 Å². The first-order valence-corrected chi connectivity index (χ1v) is 6.22. The molecule has 2 rings (SSSR count). The molecule has 0 aromatic carbocycles. The van der Waals surface area contributed by atoms with Crippen LogP contribution in [0.2, 0.25) is 0 Å². The number of amides is 1. The molecule has 1 aromatic heterocycles. The van der Waals surface area contributed by atoms with Crippen molar-refractivity contribution < 1.29 is 9.53 Å². The van der Waals surface area contributed by atoms with E-state index in [0.717, 1.165) is 31.5 Å². The predicted octanol–water partition coefficient (Wildman–Crippen LogP) is 0.584. The molecule has 1 atom stereocenters. The molecule has 1 saturated heterocycles. The Bertz CT molecular complexity index is 404. The van der Waals surface area contributed by atoms with E-state index < -0.39 is 6.04 Å². The summed E-state index contributed by atoms with van der Waals surface area (Å²) in [5.74, 6) is 0.530. The number of rotatable bonds is 4. The molecule has 0 spiro atoms. The molecule has 1 aliphatic heterocycles. The van der Waals surface area contributed by atoms with Gasteiger partial charge in [-0.1, -0.05) is 0 Å². The van der Waals surface area contributed by atoms with E-state index >= 15 is 0 Å². The van der Waals surface area contributed by atoms with Crippen LogP contribution in [0.3, 0.4) is 0 Å². The van der Waals surface area contributed by atoms with Gasteiger partial charge in [0.25, 0.3) is 0 Å². The van der Waals surface area contributed by atoms with E-state index in [2.05, 4.69) is 5.10 Å². The Labute approximate surface area is 107 Å². The SMILES string of the molecule is COCC(C(=O)N1CCCC1)n1cc(C)c(N)n1. The summed E-state index contributed by atoms with van der Waals surface area (Å²) in [6, 6.07) is -0.413. The zero-order valence-electron chi connectivity index (χ0n) is 10.9. The smallest absolute Gasteiger partial charge is 0.249 e. The van der Waals surface area contributed by atoms with E-state index in [1.165, 1.54) is 0 Å². The van der Waals surface area contributed by atoms with Crippen LogP contribution < -0.4 is 5.73 Å². The number of aromatic nitrogens is 2. The van der Waals surface area contributed by atoms with Crippen LogP contribution in [0.4, 0.5) is 5.82 Å². The largest absolute Gasteiger partial charge is 0.382 e. The number of nitrogens with zero attached hydrogens (tertiary/aromatic N) is 3. The van der Waals surface area contributed by atoms with Crippen LogP contribution in [0.5, 0.6) is 0 Å². The molecule has 18 heavy (non-hydrogen) atoms. The van der Waals surface area contributed by atoms with Gasteiger partial charge in [-0.2, -0.15) is 5.10 Å². The molecule has 1 aromatic rings. The highest BCUT2D eigenvalue weighted by atomic mass is 16.5. The molecule has 1 amide bonds. The monoisotopic (exact) mass is 252 g/mol. The van der Waals surface area contributed by atoms with Gasteiger partial charge in [0.15, 0.2) is 6.04 Å². The Balaban J connectivity index is 2.18. The number of aryl methyl sites for hydroxylation is 1. The molecular weight excluding hydrogens is 232 g/mol. The molecule has 100 valence electrons. The summed E-state index contributed by atoms with van der Waals surface area (Å²) in [5, 5.41) is 4.19. The Morgan fingerprint density at radius 3 is 2.72 bits per heavy atom. The third kappa shape index (κ3) is 2.48. The van der Waals surface area contributed by atoms with Crippen LogP contribution in [-0.2, 0) is 9.53 Å². The van der Waals surface area contributed by atoms with Crippen molar-refractivity contribution in [3.63, 3.8) is 0 Å². The number of nitrogens with two attached hydrogens (primary N) is 1. The Morgan fingerprint density at radius 2 is 2.22 bits per heavy atom. The van der Waals surface area contributed by atoms with Crippen LogP contribution in [0.25, 0.3) is 0 Å². The molecular formula is C12H20N4O2. The summed E-state index contributed by atoms with van der Waals surface area (Å²) < 4.78 is 6.76. The van der Waals surface area contributed by atoms with Gasteiger partial charge in [-0.25, -0.2) is 0 Å². The fraction of sp³-hybridized carbons (Fsp3) is 0.667. The van der Waals surface area contributed by atoms with E-state index in [4.69, 9.17) is 10.5 Å². The molecule has 0 saturated carbocycles. The van der Waals surface area contributed by atoms with Gasteiger partial charge in [0, 0.05) is 32.0 Å². The third-order valence-corrected chi connectivity index (χ3v) is 3.30. The quantitative estimate of drug-likeness (QED) is 0.851. The van der Waals surface area contributed by atoms with Crippen LogP contribution in [0.15, 0.2) is 6.20 Å². The van der Waals surface area contributed by atoms with Crippen LogP contribution in [0.1, 0.15) is 24.4 Å². The molecule has 0 aliphatic carbocycles. The minimum atomic E-state index is -0.413. The molecule has 1 aliphatic rings. The van der Waals surface area contributed by atoms with Crippen molar-refractivity contribution in [3.05, 3.63) is 11.8 Å². The van der Waals surface area contributed by atoms with Gasteiger partial charge in [-0.15, -0.1) is 0 Å². The first-order chi connectivity index (χ1) is 8.63. The van der Waals surface area contributed by atoms with Gasteiger partial charge in [-0.3, -0.25) is 9.48 Å². The van der Waals surface area contributed by atoms with Crippen molar-refractivity contribution in [3.8, 4) is 0 Å². The molecule has 1 fully saturated rings. The molecule has 2 N–H and O–H groups in total. The minimum absolute atomic E-state index is 0.0665. The number of carbonyl (C=O) groups excluding carboxylic acids is 1. The lowest BCUT2D eigenvalue weighted by molar-refractivity contribution is -0.135. The molecule has 6 heteroatoms. The summed E-state index contributed by atoms with van der Waals surface area (Å²) in [6.45, 7) is 3.85. The zero-order chi connectivity index (χ0) is 13.1. The number of hydrogen-bond acceptors (Lipinski definition) is 4.